The SMILES string of the molecule is Brc1cccc(-c2cccc(-c3nc(-c4ccccc4)nc(-c4ccc(-c5ccccc5)cc4)n3)c2)c1.Brc1cccc(I)c1.CC1(C)OB(c2cccc(-c3nc(-c4ccccc4)nc(-c4ccc(-c5ccccc5)cc4)n3)c2)OC1(C)C. The van der Waals surface area contributed by atoms with Crippen LogP contribution in [0, 0.1) is 3.57 Å². The smallest absolute Gasteiger partial charge is 0.399 e. The fourth-order valence-electron chi connectivity index (χ4n) is 9.35. The maximum atomic E-state index is 6.30. The van der Waals surface area contributed by atoms with Crippen LogP contribution in [-0.2, 0) is 9.31 Å². The Balaban J connectivity index is 0.000000155. The van der Waals surface area contributed by atoms with Gasteiger partial charge in [0.25, 0.3) is 0 Å². The summed E-state index contributed by atoms with van der Waals surface area (Å²) in [6, 6.07) is 90.4. The largest absolute Gasteiger partial charge is 0.494 e. The molecule has 0 saturated carbocycles. The van der Waals surface area contributed by atoms with Crippen molar-refractivity contribution in [2.75, 3.05) is 0 Å². The summed E-state index contributed by atoms with van der Waals surface area (Å²) in [6.07, 6.45) is 0. The van der Waals surface area contributed by atoms with Gasteiger partial charge >= 0.3 is 7.12 Å². The molecule has 1 aliphatic heterocycles. The number of halogens is 3. The third-order valence-electron chi connectivity index (χ3n) is 14.6. The maximum absolute atomic E-state index is 6.30. The number of nitrogens with zero attached hydrogens (tertiary/aromatic N) is 6. The predicted molar refractivity (Wildman–Crippen MR) is 359 cm³/mol. The van der Waals surface area contributed by atoms with Crippen molar-refractivity contribution >= 4 is 67.0 Å². The first-order valence-electron chi connectivity index (χ1n) is 27.5. The number of hydrogen-bond acceptors (Lipinski definition) is 8. The van der Waals surface area contributed by atoms with Crippen molar-refractivity contribution in [3.63, 3.8) is 0 Å². The van der Waals surface area contributed by atoms with E-state index < -0.39 is 18.3 Å². The molecule has 8 nitrogen and oxygen atoms in total. The molecular weight excluding hydrogens is 1280 g/mol. The standard InChI is InChI=1S/C33H30BN3O2.C33H22BrN3.C6H4BrI/c1-32(2)33(3,4)39-34(38-32)28-17-11-16-27(22-28)31-36-29(25-14-9-6-10-15-25)35-30(37-31)26-20-18-24(19-21-26)23-12-7-5-8-13-23;34-30-16-8-14-28(22-30)27-13-7-15-29(21-27)33-36-31(25-11-5-2-6-12-25)35-32(37-33)26-19-17-24(18-20-26)23-9-3-1-4-10-23;7-5-2-1-3-6(8)4-5/h5-22H,1-4H3;1-22H;1-4H. The topological polar surface area (TPSA) is 95.8 Å². The summed E-state index contributed by atoms with van der Waals surface area (Å²) in [7, 11) is -0.463. The molecule has 0 amide bonds. The van der Waals surface area contributed by atoms with Gasteiger partial charge in [0.15, 0.2) is 34.9 Å². The molecule has 3 heterocycles. The monoisotopic (exact) mass is 1330 g/mol. The lowest BCUT2D eigenvalue weighted by Gasteiger charge is -2.32. The third kappa shape index (κ3) is 14.1. The van der Waals surface area contributed by atoms with Gasteiger partial charge in [-0.15, -0.1) is 0 Å². The van der Waals surface area contributed by atoms with E-state index in [1.54, 1.807) is 0 Å². The first-order valence-corrected chi connectivity index (χ1v) is 30.2. The van der Waals surface area contributed by atoms with Crippen LogP contribution in [0.3, 0.4) is 0 Å². The highest BCUT2D eigenvalue weighted by Crippen LogP contribution is 2.37. The van der Waals surface area contributed by atoms with Crippen LogP contribution >= 0.6 is 54.5 Å². The van der Waals surface area contributed by atoms with E-state index in [0.29, 0.717) is 34.9 Å². The lowest BCUT2D eigenvalue weighted by Crippen LogP contribution is -2.41. The molecule has 0 unspecified atom stereocenters. The van der Waals surface area contributed by atoms with E-state index in [1.165, 1.54) is 14.7 Å². The second-order valence-corrected chi connectivity index (χ2v) is 24.1. The molecule has 0 bridgehead atoms. The number of aromatic nitrogens is 6. The summed E-state index contributed by atoms with van der Waals surface area (Å²) in [5.41, 5.74) is 12.6. The fraction of sp³-hybridized carbons (Fsp3) is 0.0833. The Kier molecular flexibility index (Phi) is 18.0. The molecule has 1 saturated heterocycles. The Morgan fingerprint density at radius 3 is 0.964 bits per heavy atom. The first-order chi connectivity index (χ1) is 40.8. The van der Waals surface area contributed by atoms with E-state index >= 15 is 0 Å². The molecule has 0 aliphatic carbocycles. The van der Waals surface area contributed by atoms with Crippen molar-refractivity contribution in [3.05, 3.63) is 279 Å². The zero-order valence-electron chi connectivity index (χ0n) is 46.6. The zero-order chi connectivity index (χ0) is 58.0. The van der Waals surface area contributed by atoms with Gasteiger partial charge in [0, 0.05) is 45.9 Å². The summed E-state index contributed by atoms with van der Waals surface area (Å²) in [5.74, 6) is 3.80. The minimum atomic E-state index is -0.463. The number of hydrogen-bond donors (Lipinski definition) is 0. The molecule has 0 atom stereocenters. The fourth-order valence-corrected chi connectivity index (χ4v) is 11.1. The average Bonchev–Trinajstić information content (AvgIpc) is 3.04. The number of benzene rings is 10. The van der Waals surface area contributed by atoms with Gasteiger partial charge in [-0.3, -0.25) is 0 Å². The highest BCUT2D eigenvalue weighted by Gasteiger charge is 2.51. The normalized spacial score (nSPS) is 13.0. The molecule has 410 valence electrons. The summed E-state index contributed by atoms with van der Waals surface area (Å²) < 4.78 is 16.0. The summed E-state index contributed by atoms with van der Waals surface area (Å²) in [4.78, 5) is 29.4. The van der Waals surface area contributed by atoms with Crippen LogP contribution in [0.1, 0.15) is 27.7 Å². The Bertz CT molecular complexity index is 4150. The van der Waals surface area contributed by atoms with Crippen molar-refractivity contribution in [2.45, 2.75) is 38.9 Å². The lowest BCUT2D eigenvalue weighted by atomic mass is 9.78. The molecule has 84 heavy (non-hydrogen) atoms. The van der Waals surface area contributed by atoms with Crippen LogP contribution in [0.5, 0.6) is 0 Å². The van der Waals surface area contributed by atoms with Crippen LogP contribution in [0.4, 0.5) is 0 Å². The Morgan fingerprint density at radius 2 is 0.571 bits per heavy atom. The Morgan fingerprint density at radius 1 is 0.286 bits per heavy atom. The lowest BCUT2D eigenvalue weighted by molar-refractivity contribution is 0.00578. The van der Waals surface area contributed by atoms with Gasteiger partial charge in [-0.05, 0) is 126 Å². The quantitative estimate of drug-likeness (QED) is 0.0987. The molecule has 2 aromatic heterocycles. The molecule has 12 aromatic rings. The summed E-state index contributed by atoms with van der Waals surface area (Å²) >= 11 is 9.21. The molecule has 0 N–H and O–H groups in total. The highest BCUT2D eigenvalue weighted by molar-refractivity contribution is 14.1. The van der Waals surface area contributed by atoms with Gasteiger partial charge in [0.05, 0.1) is 11.2 Å². The van der Waals surface area contributed by atoms with Crippen molar-refractivity contribution in [3.8, 4) is 102 Å². The zero-order valence-corrected chi connectivity index (χ0v) is 51.9. The van der Waals surface area contributed by atoms with Gasteiger partial charge < -0.3 is 9.31 Å². The molecule has 10 aromatic carbocycles. The predicted octanol–water partition coefficient (Wildman–Crippen LogP) is 18.9. The van der Waals surface area contributed by atoms with Gasteiger partial charge in [-0.2, -0.15) is 0 Å². The van der Waals surface area contributed by atoms with Crippen LogP contribution in [0.25, 0.3) is 102 Å². The van der Waals surface area contributed by atoms with Crippen LogP contribution in [-0.4, -0.2) is 48.2 Å². The second kappa shape index (κ2) is 26.2. The molecule has 1 aliphatic rings. The van der Waals surface area contributed by atoms with E-state index in [4.69, 9.17) is 39.2 Å². The van der Waals surface area contributed by atoms with Gasteiger partial charge in [0.1, 0.15) is 0 Å². The Hall–Kier alpha value is -8.11. The van der Waals surface area contributed by atoms with E-state index in [-0.39, 0.29) is 0 Å². The third-order valence-corrected chi connectivity index (χ3v) is 16.2. The first kappa shape index (κ1) is 57.7. The highest BCUT2D eigenvalue weighted by atomic mass is 127. The summed E-state index contributed by atoms with van der Waals surface area (Å²) in [6.45, 7) is 8.24. The van der Waals surface area contributed by atoms with E-state index in [1.807, 2.05) is 140 Å². The Labute approximate surface area is 522 Å². The average molecular weight is 1330 g/mol. The minimum Gasteiger partial charge on any atom is -0.399 e. The molecule has 0 spiro atoms. The molecule has 12 heteroatoms. The van der Waals surface area contributed by atoms with E-state index in [0.717, 1.165) is 70.0 Å². The second-order valence-electron chi connectivity index (χ2n) is 21.0. The molecule has 1 fully saturated rings. The van der Waals surface area contributed by atoms with E-state index in [2.05, 4.69) is 210 Å². The maximum Gasteiger partial charge on any atom is 0.494 e. The molecule has 13 rings (SSSR count). The summed E-state index contributed by atoms with van der Waals surface area (Å²) in [5, 5.41) is 0. The van der Waals surface area contributed by atoms with Gasteiger partial charge in [-0.25, -0.2) is 29.9 Å². The van der Waals surface area contributed by atoms with Crippen molar-refractivity contribution in [1.82, 2.24) is 29.9 Å². The molecule has 0 radical (unpaired) electrons. The van der Waals surface area contributed by atoms with Crippen LogP contribution in [0.15, 0.2) is 276 Å². The minimum absolute atomic E-state index is 0.416. The van der Waals surface area contributed by atoms with Crippen LogP contribution < -0.4 is 5.46 Å². The van der Waals surface area contributed by atoms with Crippen molar-refractivity contribution in [2.24, 2.45) is 0 Å². The van der Waals surface area contributed by atoms with Crippen molar-refractivity contribution < 1.29 is 9.31 Å². The van der Waals surface area contributed by atoms with E-state index in [9.17, 15) is 0 Å². The number of rotatable bonds is 10. The van der Waals surface area contributed by atoms with Crippen LogP contribution in [0.2, 0.25) is 0 Å². The van der Waals surface area contributed by atoms with Gasteiger partial charge in [-0.1, -0.05) is 262 Å². The van der Waals surface area contributed by atoms with Crippen molar-refractivity contribution in [1.29, 1.82) is 0 Å². The van der Waals surface area contributed by atoms with Gasteiger partial charge in [0.2, 0.25) is 0 Å². The molecular formula is C72H56BBr2IN6O2.